The number of aliphatic hydroxyl groups excluding tert-OH is 1. The second-order valence-electron chi connectivity index (χ2n) is 4.83. The number of ether oxygens (including phenoxy) is 1. The molecule has 1 aliphatic rings. The van der Waals surface area contributed by atoms with E-state index in [1.807, 2.05) is 19.1 Å². The van der Waals surface area contributed by atoms with Crippen molar-refractivity contribution in [2.45, 2.75) is 38.7 Å². The van der Waals surface area contributed by atoms with Crippen molar-refractivity contribution in [2.24, 2.45) is 5.92 Å². The largest absolute Gasteiger partial charge is 0.493 e. The summed E-state index contributed by atoms with van der Waals surface area (Å²) in [5, 5.41) is 9.57. The van der Waals surface area contributed by atoms with Crippen LogP contribution in [-0.2, 0) is 0 Å². The molecule has 3 atom stereocenters. The number of benzene rings is 1. The molecule has 0 amide bonds. The number of hydrogen-bond acceptors (Lipinski definition) is 2. The van der Waals surface area contributed by atoms with E-state index in [4.69, 9.17) is 4.74 Å². The molecule has 0 bridgehead atoms. The fourth-order valence-corrected chi connectivity index (χ4v) is 2.31. The molecule has 0 radical (unpaired) electrons. The van der Waals surface area contributed by atoms with Gasteiger partial charge in [-0.25, -0.2) is 0 Å². The first kappa shape index (κ1) is 11.5. The molecule has 0 spiro atoms. The first-order valence-electron chi connectivity index (χ1n) is 6.08. The summed E-state index contributed by atoms with van der Waals surface area (Å²) in [6, 6.07) is 8.26. The van der Waals surface area contributed by atoms with Gasteiger partial charge in [-0.1, -0.05) is 25.1 Å². The highest BCUT2D eigenvalue weighted by Gasteiger charge is 2.24. The minimum absolute atomic E-state index is 0.227. The van der Waals surface area contributed by atoms with Gasteiger partial charge in [-0.2, -0.15) is 0 Å². The predicted octanol–water partition coefficient (Wildman–Crippen LogP) is 2.96. The maximum atomic E-state index is 9.57. The van der Waals surface area contributed by atoms with Crippen molar-refractivity contribution in [3.05, 3.63) is 29.8 Å². The number of para-hydroxylation sites is 1. The van der Waals surface area contributed by atoms with E-state index >= 15 is 0 Å². The van der Waals surface area contributed by atoms with E-state index in [1.165, 1.54) is 5.56 Å². The van der Waals surface area contributed by atoms with Gasteiger partial charge in [0.25, 0.3) is 0 Å². The Balaban J connectivity index is 2.13. The molecule has 0 aliphatic carbocycles. The molecule has 1 aromatic rings. The lowest BCUT2D eigenvalue weighted by atomic mass is 9.84. The summed E-state index contributed by atoms with van der Waals surface area (Å²) in [7, 11) is 0. The zero-order valence-electron chi connectivity index (χ0n) is 10.0. The zero-order chi connectivity index (χ0) is 11.5. The van der Waals surface area contributed by atoms with Crippen molar-refractivity contribution < 1.29 is 9.84 Å². The highest BCUT2D eigenvalue weighted by atomic mass is 16.5. The minimum atomic E-state index is -0.227. The Morgan fingerprint density at radius 2 is 2.12 bits per heavy atom. The summed E-state index contributed by atoms with van der Waals surface area (Å²) >= 11 is 0. The number of rotatable bonds is 3. The molecule has 3 unspecified atom stereocenters. The van der Waals surface area contributed by atoms with Crippen LogP contribution in [0.5, 0.6) is 5.75 Å². The second kappa shape index (κ2) is 4.88. The molecule has 1 aromatic carbocycles. The lowest BCUT2D eigenvalue weighted by Crippen LogP contribution is -2.20. The van der Waals surface area contributed by atoms with Crippen molar-refractivity contribution in [1.29, 1.82) is 0 Å². The van der Waals surface area contributed by atoms with Crippen LogP contribution < -0.4 is 4.74 Å². The Labute approximate surface area is 97.3 Å². The van der Waals surface area contributed by atoms with Crippen LogP contribution in [0.4, 0.5) is 0 Å². The molecule has 2 heteroatoms. The summed E-state index contributed by atoms with van der Waals surface area (Å²) in [5.41, 5.74) is 1.31. The minimum Gasteiger partial charge on any atom is -0.493 e. The molecule has 0 saturated heterocycles. The van der Waals surface area contributed by atoms with Crippen LogP contribution in [0.2, 0.25) is 0 Å². The quantitative estimate of drug-likeness (QED) is 0.848. The third-order valence-electron chi connectivity index (χ3n) is 3.56. The van der Waals surface area contributed by atoms with Crippen LogP contribution in [0.15, 0.2) is 24.3 Å². The Morgan fingerprint density at radius 3 is 2.88 bits per heavy atom. The van der Waals surface area contributed by atoms with E-state index in [1.54, 1.807) is 0 Å². The van der Waals surface area contributed by atoms with E-state index in [2.05, 4.69) is 19.1 Å². The molecule has 1 heterocycles. The summed E-state index contributed by atoms with van der Waals surface area (Å²) in [6.07, 6.45) is 1.88. The average Bonchev–Trinajstić information content (AvgIpc) is 2.29. The standard InChI is InChI=1S/C14H20O2/c1-10(11(2)15)9-12-7-8-16-14-6-4-3-5-13(12)14/h3-6,10-12,15H,7-9H2,1-2H3. The molecule has 0 aromatic heterocycles. The molecule has 88 valence electrons. The van der Waals surface area contributed by atoms with Crippen LogP contribution in [0.25, 0.3) is 0 Å². The van der Waals surface area contributed by atoms with Crippen molar-refractivity contribution in [3.8, 4) is 5.75 Å². The lowest BCUT2D eigenvalue weighted by molar-refractivity contribution is 0.120. The van der Waals surface area contributed by atoms with Crippen LogP contribution in [-0.4, -0.2) is 17.8 Å². The van der Waals surface area contributed by atoms with Gasteiger partial charge in [0.1, 0.15) is 5.75 Å². The molecule has 1 aliphatic heterocycles. The van der Waals surface area contributed by atoms with Gasteiger partial charge in [-0.3, -0.25) is 0 Å². The van der Waals surface area contributed by atoms with Gasteiger partial charge in [0.2, 0.25) is 0 Å². The maximum absolute atomic E-state index is 9.57. The normalized spacial score (nSPS) is 23.1. The first-order valence-corrected chi connectivity index (χ1v) is 6.08. The fourth-order valence-electron chi connectivity index (χ4n) is 2.31. The summed E-state index contributed by atoms with van der Waals surface area (Å²) in [4.78, 5) is 0. The lowest BCUT2D eigenvalue weighted by Gasteiger charge is -2.28. The fraction of sp³-hybridized carbons (Fsp3) is 0.571. The Morgan fingerprint density at radius 1 is 1.38 bits per heavy atom. The SMILES string of the molecule is CC(O)C(C)CC1CCOc2ccccc21. The highest BCUT2D eigenvalue weighted by molar-refractivity contribution is 5.37. The monoisotopic (exact) mass is 220 g/mol. The van der Waals surface area contributed by atoms with E-state index in [0.717, 1.165) is 25.2 Å². The molecule has 1 N–H and O–H groups in total. The molecule has 0 saturated carbocycles. The molecular formula is C14H20O2. The summed E-state index contributed by atoms with van der Waals surface area (Å²) in [5.74, 6) is 1.90. The van der Waals surface area contributed by atoms with E-state index in [9.17, 15) is 5.11 Å². The van der Waals surface area contributed by atoms with Gasteiger partial charge >= 0.3 is 0 Å². The number of hydrogen-bond donors (Lipinski definition) is 1. The van der Waals surface area contributed by atoms with Crippen LogP contribution >= 0.6 is 0 Å². The molecule has 2 nitrogen and oxygen atoms in total. The zero-order valence-corrected chi connectivity index (χ0v) is 10.0. The topological polar surface area (TPSA) is 29.5 Å². The second-order valence-corrected chi connectivity index (χ2v) is 4.83. The van der Waals surface area contributed by atoms with E-state index in [-0.39, 0.29) is 6.10 Å². The van der Waals surface area contributed by atoms with Crippen molar-refractivity contribution in [1.82, 2.24) is 0 Å². The summed E-state index contributed by atoms with van der Waals surface area (Å²) in [6.45, 7) is 4.78. The van der Waals surface area contributed by atoms with Crippen molar-refractivity contribution >= 4 is 0 Å². The van der Waals surface area contributed by atoms with Crippen LogP contribution in [0, 0.1) is 5.92 Å². The predicted molar refractivity (Wildman–Crippen MR) is 64.8 cm³/mol. The Hall–Kier alpha value is -1.02. The molecule has 0 fully saturated rings. The highest BCUT2D eigenvalue weighted by Crippen LogP contribution is 2.37. The third-order valence-corrected chi connectivity index (χ3v) is 3.56. The molecule has 16 heavy (non-hydrogen) atoms. The van der Waals surface area contributed by atoms with Gasteiger partial charge in [0.15, 0.2) is 0 Å². The number of aliphatic hydroxyl groups is 1. The molecule has 2 rings (SSSR count). The first-order chi connectivity index (χ1) is 7.68. The van der Waals surface area contributed by atoms with E-state index in [0.29, 0.717) is 11.8 Å². The Bertz CT molecular complexity index is 346. The summed E-state index contributed by atoms with van der Waals surface area (Å²) < 4.78 is 5.63. The van der Waals surface area contributed by atoms with Crippen LogP contribution in [0.1, 0.15) is 38.2 Å². The van der Waals surface area contributed by atoms with Gasteiger partial charge in [-0.05, 0) is 43.2 Å². The van der Waals surface area contributed by atoms with Gasteiger partial charge in [0.05, 0.1) is 12.7 Å². The van der Waals surface area contributed by atoms with Crippen LogP contribution in [0.3, 0.4) is 0 Å². The molecular weight excluding hydrogens is 200 g/mol. The number of fused-ring (bicyclic) bond motifs is 1. The van der Waals surface area contributed by atoms with E-state index < -0.39 is 0 Å². The van der Waals surface area contributed by atoms with Gasteiger partial charge in [0, 0.05) is 0 Å². The van der Waals surface area contributed by atoms with Gasteiger partial charge < -0.3 is 9.84 Å². The average molecular weight is 220 g/mol. The maximum Gasteiger partial charge on any atom is 0.122 e. The third kappa shape index (κ3) is 2.38. The van der Waals surface area contributed by atoms with Crippen molar-refractivity contribution in [2.75, 3.05) is 6.61 Å². The Kier molecular flexibility index (Phi) is 3.49. The van der Waals surface area contributed by atoms with Gasteiger partial charge in [-0.15, -0.1) is 0 Å². The van der Waals surface area contributed by atoms with Crippen molar-refractivity contribution in [3.63, 3.8) is 0 Å². The smallest absolute Gasteiger partial charge is 0.122 e.